The van der Waals surface area contributed by atoms with Gasteiger partial charge >= 0.3 is 6.16 Å². The first kappa shape index (κ1) is 14.3. The van der Waals surface area contributed by atoms with Crippen molar-refractivity contribution in [3.8, 4) is 0 Å². The highest BCUT2D eigenvalue weighted by atomic mass is 16.7. The Bertz CT molecular complexity index is 149. The molecule has 0 aromatic carbocycles. The van der Waals surface area contributed by atoms with Gasteiger partial charge in [-0.25, -0.2) is 4.79 Å². The first-order chi connectivity index (χ1) is 7.24. The molecule has 0 aromatic rings. The molecule has 0 bridgehead atoms. The maximum atomic E-state index is 11.1. The number of unbranched alkanes of at least 4 members (excludes halogenated alkanes) is 2. The van der Waals surface area contributed by atoms with Gasteiger partial charge in [0.15, 0.2) is 0 Å². The van der Waals surface area contributed by atoms with E-state index in [4.69, 9.17) is 9.47 Å². The van der Waals surface area contributed by atoms with Gasteiger partial charge in [0.1, 0.15) is 6.10 Å². The number of ether oxygens (including phenoxy) is 2. The number of hydrogen-bond acceptors (Lipinski definition) is 3. The molecule has 0 N–H and O–H groups in total. The van der Waals surface area contributed by atoms with Crippen LogP contribution in [0.25, 0.3) is 0 Å². The van der Waals surface area contributed by atoms with Crippen LogP contribution in [-0.2, 0) is 9.47 Å². The molecule has 15 heavy (non-hydrogen) atoms. The molecule has 90 valence electrons. The van der Waals surface area contributed by atoms with Gasteiger partial charge in [0, 0.05) is 0 Å². The van der Waals surface area contributed by atoms with E-state index in [0.717, 1.165) is 38.5 Å². The number of hydrogen-bond donors (Lipinski definition) is 0. The largest absolute Gasteiger partial charge is 0.508 e. The summed E-state index contributed by atoms with van der Waals surface area (Å²) < 4.78 is 10.0. The summed E-state index contributed by atoms with van der Waals surface area (Å²) in [6, 6.07) is 0. The summed E-state index contributed by atoms with van der Waals surface area (Å²) in [5, 5.41) is 0. The monoisotopic (exact) mass is 216 g/mol. The highest BCUT2D eigenvalue weighted by molar-refractivity contribution is 5.60. The SMILES string of the molecule is CCCCC(CCCC)OC(=O)OCC. The molecule has 3 nitrogen and oxygen atoms in total. The van der Waals surface area contributed by atoms with Crippen molar-refractivity contribution in [1.29, 1.82) is 0 Å². The quantitative estimate of drug-likeness (QED) is 0.577. The molecule has 0 aliphatic rings. The lowest BCUT2D eigenvalue weighted by molar-refractivity contribution is 0.0192. The molecule has 3 heteroatoms. The lowest BCUT2D eigenvalue weighted by Gasteiger charge is -2.16. The summed E-state index contributed by atoms with van der Waals surface area (Å²) in [4.78, 5) is 11.1. The molecule has 0 saturated carbocycles. The van der Waals surface area contributed by atoms with E-state index < -0.39 is 6.16 Å². The van der Waals surface area contributed by atoms with Crippen molar-refractivity contribution >= 4 is 6.16 Å². The molecular weight excluding hydrogens is 192 g/mol. The minimum atomic E-state index is -0.519. The zero-order valence-electron chi connectivity index (χ0n) is 10.3. The molecule has 0 atom stereocenters. The van der Waals surface area contributed by atoms with Gasteiger partial charge in [-0.3, -0.25) is 0 Å². The van der Waals surface area contributed by atoms with Gasteiger partial charge in [-0.1, -0.05) is 39.5 Å². The Morgan fingerprint density at radius 2 is 1.60 bits per heavy atom. The molecule has 0 spiro atoms. The zero-order chi connectivity index (χ0) is 11.5. The van der Waals surface area contributed by atoms with Crippen LogP contribution in [0, 0.1) is 0 Å². The van der Waals surface area contributed by atoms with Crippen LogP contribution in [0.2, 0.25) is 0 Å². The molecule has 0 radical (unpaired) electrons. The van der Waals surface area contributed by atoms with Crippen LogP contribution < -0.4 is 0 Å². The van der Waals surface area contributed by atoms with Gasteiger partial charge in [0.2, 0.25) is 0 Å². The van der Waals surface area contributed by atoms with E-state index in [0.29, 0.717) is 6.61 Å². The van der Waals surface area contributed by atoms with Crippen LogP contribution in [0.4, 0.5) is 4.79 Å². The highest BCUT2D eigenvalue weighted by Gasteiger charge is 2.13. The Kier molecular flexibility index (Phi) is 9.33. The normalized spacial score (nSPS) is 10.4. The van der Waals surface area contributed by atoms with Gasteiger partial charge in [-0.05, 0) is 19.8 Å². The second-order valence-corrected chi connectivity index (χ2v) is 3.71. The van der Waals surface area contributed by atoms with Gasteiger partial charge in [0.05, 0.1) is 6.61 Å². The fourth-order valence-corrected chi connectivity index (χ4v) is 1.41. The Labute approximate surface area is 93.1 Å². The predicted molar refractivity (Wildman–Crippen MR) is 60.9 cm³/mol. The molecule has 0 unspecified atom stereocenters. The van der Waals surface area contributed by atoms with Gasteiger partial charge in [-0.2, -0.15) is 0 Å². The van der Waals surface area contributed by atoms with Crippen LogP contribution in [-0.4, -0.2) is 18.9 Å². The van der Waals surface area contributed by atoms with Crippen molar-refractivity contribution in [3.63, 3.8) is 0 Å². The Morgan fingerprint density at radius 3 is 2.00 bits per heavy atom. The van der Waals surface area contributed by atoms with E-state index in [1.54, 1.807) is 6.92 Å². The topological polar surface area (TPSA) is 35.5 Å². The van der Waals surface area contributed by atoms with Crippen molar-refractivity contribution < 1.29 is 14.3 Å². The number of rotatable bonds is 8. The molecule has 0 amide bonds. The van der Waals surface area contributed by atoms with Crippen molar-refractivity contribution in [2.45, 2.75) is 65.4 Å². The number of carbonyl (C=O) groups is 1. The smallest absolute Gasteiger partial charge is 0.435 e. The summed E-state index contributed by atoms with van der Waals surface area (Å²) >= 11 is 0. The molecular formula is C12H24O3. The van der Waals surface area contributed by atoms with Crippen molar-refractivity contribution in [1.82, 2.24) is 0 Å². The van der Waals surface area contributed by atoms with Gasteiger partial charge in [0.25, 0.3) is 0 Å². The van der Waals surface area contributed by atoms with Crippen LogP contribution >= 0.6 is 0 Å². The van der Waals surface area contributed by atoms with Gasteiger partial charge in [-0.15, -0.1) is 0 Å². The third kappa shape index (κ3) is 8.28. The number of carbonyl (C=O) groups excluding carboxylic acids is 1. The fraction of sp³-hybridized carbons (Fsp3) is 0.917. The highest BCUT2D eigenvalue weighted by Crippen LogP contribution is 2.13. The third-order valence-corrected chi connectivity index (χ3v) is 2.28. The average Bonchev–Trinajstić information content (AvgIpc) is 2.22. The Morgan fingerprint density at radius 1 is 1.07 bits per heavy atom. The minimum Gasteiger partial charge on any atom is -0.435 e. The van der Waals surface area contributed by atoms with Crippen molar-refractivity contribution in [3.05, 3.63) is 0 Å². The van der Waals surface area contributed by atoms with Crippen LogP contribution in [0.1, 0.15) is 59.3 Å². The second kappa shape index (κ2) is 9.81. The second-order valence-electron chi connectivity index (χ2n) is 3.71. The summed E-state index contributed by atoms with van der Waals surface area (Å²) in [6.07, 6.45) is 5.91. The maximum absolute atomic E-state index is 11.1. The fourth-order valence-electron chi connectivity index (χ4n) is 1.41. The zero-order valence-corrected chi connectivity index (χ0v) is 10.3. The van der Waals surface area contributed by atoms with Gasteiger partial charge < -0.3 is 9.47 Å². The van der Waals surface area contributed by atoms with E-state index in [1.807, 2.05) is 0 Å². The third-order valence-electron chi connectivity index (χ3n) is 2.28. The van der Waals surface area contributed by atoms with E-state index in [-0.39, 0.29) is 6.10 Å². The van der Waals surface area contributed by atoms with Crippen LogP contribution in [0.15, 0.2) is 0 Å². The van der Waals surface area contributed by atoms with E-state index in [2.05, 4.69) is 13.8 Å². The summed E-state index contributed by atoms with van der Waals surface area (Å²) in [5.41, 5.74) is 0. The molecule has 0 fully saturated rings. The molecule has 0 rings (SSSR count). The summed E-state index contributed by atoms with van der Waals surface area (Å²) in [5.74, 6) is 0. The average molecular weight is 216 g/mol. The van der Waals surface area contributed by atoms with Crippen molar-refractivity contribution in [2.75, 3.05) is 6.61 Å². The maximum Gasteiger partial charge on any atom is 0.508 e. The van der Waals surface area contributed by atoms with E-state index in [1.165, 1.54) is 0 Å². The van der Waals surface area contributed by atoms with Crippen LogP contribution in [0.5, 0.6) is 0 Å². The Hall–Kier alpha value is -0.730. The first-order valence-electron chi connectivity index (χ1n) is 6.07. The standard InChI is InChI=1S/C12H24O3/c1-4-7-9-11(10-8-5-2)15-12(13)14-6-3/h11H,4-10H2,1-3H3. The van der Waals surface area contributed by atoms with Crippen molar-refractivity contribution in [2.24, 2.45) is 0 Å². The molecule has 0 saturated heterocycles. The molecule has 0 heterocycles. The molecule has 0 aliphatic carbocycles. The molecule has 0 aliphatic heterocycles. The van der Waals surface area contributed by atoms with E-state index >= 15 is 0 Å². The van der Waals surface area contributed by atoms with Crippen LogP contribution in [0.3, 0.4) is 0 Å². The Balaban J connectivity index is 3.82. The summed E-state index contributed by atoms with van der Waals surface area (Å²) in [6.45, 7) is 6.45. The molecule has 0 aromatic heterocycles. The minimum absolute atomic E-state index is 0.0453. The first-order valence-corrected chi connectivity index (χ1v) is 6.07. The lowest BCUT2D eigenvalue weighted by atomic mass is 10.1. The summed E-state index contributed by atoms with van der Waals surface area (Å²) in [7, 11) is 0. The van der Waals surface area contributed by atoms with E-state index in [9.17, 15) is 4.79 Å². The lowest BCUT2D eigenvalue weighted by Crippen LogP contribution is -2.19. The predicted octanol–water partition coefficient (Wildman–Crippen LogP) is 3.91.